The zero-order chi connectivity index (χ0) is 20.4. The van der Waals surface area contributed by atoms with E-state index in [-0.39, 0.29) is 23.7 Å². The second-order valence-corrected chi connectivity index (χ2v) is 7.38. The SMILES string of the molecule is CC(=O)c1cccc(NC(=O)N2C[C@H](c3nc(-c4ccccc4)no3)[C@@H](C)C2)c1. The van der Waals surface area contributed by atoms with Crippen LogP contribution >= 0.6 is 0 Å². The fourth-order valence-electron chi connectivity index (χ4n) is 3.56. The van der Waals surface area contributed by atoms with Gasteiger partial charge in [-0.2, -0.15) is 4.98 Å². The normalized spacial score (nSPS) is 18.6. The third kappa shape index (κ3) is 4.03. The van der Waals surface area contributed by atoms with Crippen molar-refractivity contribution in [2.24, 2.45) is 5.92 Å². The third-order valence-corrected chi connectivity index (χ3v) is 5.21. The minimum absolute atomic E-state index is 0.0192. The summed E-state index contributed by atoms with van der Waals surface area (Å²) in [7, 11) is 0. The molecule has 0 radical (unpaired) electrons. The number of hydrogen-bond donors (Lipinski definition) is 1. The summed E-state index contributed by atoms with van der Waals surface area (Å²) in [6.07, 6.45) is 0. The molecule has 2 heterocycles. The van der Waals surface area contributed by atoms with E-state index < -0.39 is 0 Å². The molecule has 0 bridgehead atoms. The summed E-state index contributed by atoms with van der Waals surface area (Å²) >= 11 is 0. The van der Waals surface area contributed by atoms with Crippen LogP contribution in [0.25, 0.3) is 11.4 Å². The van der Waals surface area contributed by atoms with Gasteiger partial charge in [-0.3, -0.25) is 4.79 Å². The second-order valence-electron chi connectivity index (χ2n) is 7.38. The van der Waals surface area contributed by atoms with Gasteiger partial charge >= 0.3 is 6.03 Å². The van der Waals surface area contributed by atoms with E-state index in [1.54, 1.807) is 29.2 Å². The zero-order valence-electron chi connectivity index (χ0n) is 16.3. The Hall–Kier alpha value is -3.48. The molecule has 1 aliphatic rings. The summed E-state index contributed by atoms with van der Waals surface area (Å²) in [6.45, 7) is 4.66. The van der Waals surface area contributed by atoms with E-state index in [1.807, 2.05) is 30.3 Å². The number of nitrogens with one attached hydrogen (secondary N) is 1. The van der Waals surface area contributed by atoms with Crippen molar-refractivity contribution in [2.75, 3.05) is 18.4 Å². The Kier molecular flexibility index (Phi) is 5.12. The van der Waals surface area contributed by atoms with E-state index in [9.17, 15) is 9.59 Å². The molecule has 1 fully saturated rings. The highest BCUT2D eigenvalue weighted by Gasteiger charge is 2.37. The van der Waals surface area contributed by atoms with Gasteiger partial charge in [-0.05, 0) is 25.0 Å². The van der Waals surface area contributed by atoms with Crippen LogP contribution in [0.1, 0.15) is 36.0 Å². The molecule has 148 valence electrons. The number of carbonyl (C=O) groups is 2. The molecule has 1 saturated heterocycles. The maximum absolute atomic E-state index is 12.7. The number of urea groups is 1. The molecular formula is C22H22N4O3. The molecule has 7 heteroatoms. The molecule has 1 N–H and O–H groups in total. The quantitative estimate of drug-likeness (QED) is 0.674. The predicted molar refractivity (Wildman–Crippen MR) is 109 cm³/mol. The van der Waals surface area contributed by atoms with E-state index in [4.69, 9.17) is 4.52 Å². The van der Waals surface area contributed by atoms with Crippen LogP contribution < -0.4 is 5.32 Å². The Morgan fingerprint density at radius 3 is 2.66 bits per heavy atom. The minimum atomic E-state index is -0.206. The minimum Gasteiger partial charge on any atom is -0.339 e. The van der Waals surface area contributed by atoms with Gasteiger partial charge in [0.15, 0.2) is 5.78 Å². The first-order chi connectivity index (χ1) is 14.0. The largest absolute Gasteiger partial charge is 0.339 e. The topological polar surface area (TPSA) is 88.3 Å². The number of carbonyl (C=O) groups excluding carboxylic acids is 2. The van der Waals surface area contributed by atoms with E-state index in [0.717, 1.165) is 5.56 Å². The van der Waals surface area contributed by atoms with Crippen molar-refractivity contribution >= 4 is 17.5 Å². The molecule has 3 aromatic rings. The lowest BCUT2D eigenvalue weighted by atomic mass is 9.98. The van der Waals surface area contributed by atoms with Gasteiger partial charge in [0.2, 0.25) is 11.7 Å². The van der Waals surface area contributed by atoms with Gasteiger partial charge in [0, 0.05) is 29.9 Å². The third-order valence-electron chi connectivity index (χ3n) is 5.21. The lowest BCUT2D eigenvalue weighted by Gasteiger charge is -2.17. The Morgan fingerprint density at radius 2 is 1.90 bits per heavy atom. The molecule has 0 saturated carbocycles. The van der Waals surface area contributed by atoms with E-state index in [1.165, 1.54) is 6.92 Å². The first-order valence-corrected chi connectivity index (χ1v) is 9.57. The number of amides is 2. The lowest BCUT2D eigenvalue weighted by Crippen LogP contribution is -2.33. The Bertz CT molecular complexity index is 1030. The Morgan fingerprint density at radius 1 is 1.10 bits per heavy atom. The average Bonchev–Trinajstić information content (AvgIpc) is 3.35. The summed E-state index contributed by atoms with van der Waals surface area (Å²) in [5.74, 6) is 1.23. The van der Waals surface area contributed by atoms with Crippen LogP contribution in [0.5, 0.6) is 0 Å². The molecule has 2 atom stereocenters. The van der Waals surface area contributed by atoms with Crippen molar-refractivity contribution in [2.45, 2.75) is 19.8 Å². The fraction of sp³-hybridized carbons (Fsp3) is 0.273. The van der Waals surface area contributed by atoms with Gasteiger partial charge in [0.1, 0.15) is 0 Å². The summed E-state index contributed by atoms with van der Waals surface area (Å²) in [5.41, 5.74) is 2.06. The van der Waals surface area contributed by atoms with Crippen LogP contribution in [0, 0.1) is 5.92 Å². The molecule has 0 aliphatic carbocycles. The summed E-state index contributed by atoms with van der Waals surface area (Å²) in [4.78, 5) is 30.5. The van der Waals surface area contributed by atoms with E-state index >= 15 is 0 Å². The number of nitrogens with zero attached hydrogens (tertiary/aromatic N) is 3. The zero-order valence-corrected chi connectivity index (χ0v) is 16.3. The molecule has 2 amide bonds. The monoisotopic (exact) mass is 390 g/mol. The standard InChI is InChI=1S/C22H22N4O3/c1-14-12-26(22(28)23-18-10-6-9-17(11-18)15(2)27)13-19(14)21-24-20(25-29-21)16-7-4-3-5-8-16/h3-11,14,19H,12-13H2,1-2H3,(H,23,28)/t14-,19-/m0/s1. The summed E-state index contributed by atoms with van der Waals surface area (Å²) in [5, 5.41) is 6.96. The molecule has 1 aliphatic heterocycles. The van der Waals surface area contributed by atoms with Gasteiger partial charge in [0.25, 0.3) is 0 Å². The number of likely N-dealkylation sites (tertiary alicyclic amines) is 1. The summed E-state index contributed by atoms with van der Waals surface area (Å²) < 4.78 is 5.50. The number of hydrogen-bond acceptors (Lipinski definition) is 5. The Labute approximate surface area is 168 Å². The first-order valence-electron chi connectivity index (χ1n) is 9.57. The highest BCUT2D eigenvalue weighted by molar-refractivity contribution is 5.96. The van der Waals surface area contributed by atoms with Crippen LogP contribution in [-0.4, -0.2) is 39.9 Å². The number of Topliss-reactive ketones (excluding diaryl/α,β-unsaturated/α-hetero) is 1. The molecule has 0 spiro atoms. The van der Waals surface area contributed by atoms with Crippen LogP contribution in [0.4, 0.5) is 10.5 Å². The van der Waals surface area contributed by atoms with Crippen molar-refractivity contribution in [1.29, 1.82) is 0 Å². The first kappa shape index (κ1) is 18.9. The molecule has 0 unspecified atom stereocenters. The smallest absolute Gasteiger partial charge is 0.321 e. The average molecular weight is 390 g/mol. The maximum atomic E-state index is 12.7. The van der Waals surface area contributed by atoms with Gasteiger partial charge in [0.05, 0.1) is 5.92 Å². The molecule has 4 rings (SSSR count). The van der Waals surface area contributed by atoms with E-state index in [0.29, 0.717) is 36.1 Å². The van der Waals surface area contributed by atoms with Crippen molar-refractivity contribution in [1.82, 2.24) is 15.0 Å². The highest BCUT2D eigenvalue weighted by Crippen LogP contribution is 2.32. The Balaban J connectivity index is 1.45. The van der Waals surface area contributed by atoms with Crippen LogP contribution in [0.15, 0.2) is 59.1 Å². The van der Waals surface area contributed by atoms with Crippen LogP contribution in [0.2, 0.25) is 0 Å². The van der Waals surface area contributed by atoms with Crippen molar-refractivity contribution < 1.29 is 14.1 Å². The van der Waals surface area contributed by atoms with Gasteiger partial charge in [-0.25, -0.2) is 4.79 Å². The van der Waals surface area contributed by atoms with E-state index in [2.05, 4.69) is 22.4 Å². The molecule has 2 aromatic carbocycles. The van der Waals surface area contributed by atoms with Crippen molar-refractivity contribution in [3.05, 3.63) is 66.1 Å². The lowest BCUT2D eigenvalue weighted by molar-refractivity contribution is 0.101. The van der Waals surface area contributed by atoms with Crippen molar-refractivity contribution in [3.63, 3.8) is 0 Å². The molecule has 1 aromatic heterocycles. The van der Waals surface area contributed by atoms with Gasteiger partial charge in [-0.15, -0.1) is 0 Å². The highest BCUT2D eigenvalue weighted by atomic mass is 16.5. The number of benzene rings is 2. The van der Waals surface area contributed by atoms with Crippen LogP contribution in [-0.2, 0) is 0 Å². The number of aromatic nitrogens is 2. The predicted octanol–water partition coefficient (Wildman–Crippen LogP) is 4.21. The number of rotatable bonds is 4. The molecular weight excluding hydrogens is 368 g/mol. The van der Waals surface area contributed by atoms with Crippen LogP contribution in [0.3, 0.4) is 0 Å². The number of anilines is 1. The maximum Gasteiger partial charge on any atom is 0.321 e. The molecule has 29 heavy (non-hydrogen) atoms. The summed E-state index contributed by atoms with van der Waals surface area (Å²) in [6, 6.07) is 16.4. The molecule has 7 nitrogen and oxygen atoms in total. The van der Waals surface area contributed by atoms with Gasteiger partial charge < -0.3 is 14.7 Å². The van der Waals surface area contributed by atoms with Gasteiger partial charge in [-0.1, -0.05) is 54.5 Å². The number of ketones is 1. The second kappa shape index (κ2) is 7.87. The fourth-order valence-corrected chi connectivity index (χ4v) is 3.56. The van der Waals surface area contributed by atoms with Crippen molar-refractivity contribution in [3.8, 4) is 11.4 Å².